The molecule has 1 saturated heterocycles. The number of likely N-dealkylation sites (tertiary alicyclic amines) is 1. The molecule has 1 atom stereocenters. The van der Waals surface area contributed by atoms with Crippen LogP contribution in [0.25, 0.3) is 0 Å². The highest BCUT2D eigenvalue weighted by Gasteiger charge is 2.24. The molecule has 1 unspecified atom stereocenters. The maximum Gasteiger partial charge on any atom is 0.0485 e. The van der Waals surface area contributed by atoms with Gasteiger partial charge in [-0.05, 0) is 49.5 Å². The highest BCUT2D eigenvalue weighted by molar-refractivity contribution is 6.35. The zero-order valence-corrected chi connectivity index (χ0v) is 12.2. The molecular weight excluding hydrogens is 267 g/mol. The lowest BCUT2D eigenvalue weighted by molar-refractivity contribution is 0.141. The summed E-state index contributed by atoms with van der Waals surface area (Å²) in [7, 11) is 0. The first-order valence-corrected chi connectivity index (χ1v) is 7.26. The Bertz CT molecular complexity index is 401. The fourth-order valence-corrected chi connectivity index (χ4v) is 3.12. The Hall–Kier alpha value is -0.280. The molecule has 1 aliphatic rings. The number of nitrogens with zero attached hydrogens (tertiary/aromatic N) is 1. The topological polar surface area (TPSA) is 29.3 Å². The molecule has 0 saturated carbocycles. The zero-order chi connectivity index (χ0) is 13.1. The minimum Gasteiger partial charge on any atom is -0.329 e. The summed E-state index contributed by atoms with van der Waals surface area (Å²) in [6, 6.07) is 5.90. The van der Waals surface area contributed by atoms with E-state index in [1.54, 1.807) is 6.07 Å². The molecule has 0 aliphatic carbocycles. The van der Waals surface area contributed by atoms with Gasteiger partial charge in [0, 0.05) is 22.6 Å². The number of benzene rings is 1. The molecule has 4 heteroatoms. The van der Waals surface area contributed by atoms with Crippen molar-refractivity contribution in [3.63, 3.8) is 0 Å². The van der Waals surface area contributed by atoms with E-state index in [1.165, 1.54) is 12.8 Å². The van der Waals surface area contributed by atoms with Crippen LogP contribution in [0.4, 0.5) is 0 Å². The van der Waals surface area contributed by atoms with Gasteiger partial charge in [-0.2, -0.15) is 0 Å². The van der Waals surface area contributed by atoms with Gasteiger partial charge in [0.1, 0.15) is 0 Å². The van der Waals surface area contributed by atoms with E-state index in [0.717, 1.165) is 29.6 Å². The van der Waals surface area contributed by atoms with Gasteiger partial charge < -0.3 is 5.73 Å². The molecule has 1 fully saturated rings. The summed E-state index contributed by atoms with van der Waals surface area (Å²) in [6.45, 7) is 5.10. The monoisotopic (exact) mass is 286 g/mol. The van der Waals surface area contributed by atoms with Gasteiger partial charge in [-0.1, -0.05) is 36.2 Å². The maximum atomic E-state index is 6.28. The van der Waals surface area contributed by atoms with Crippen molar-refractivity contribution in [3.8, 4) is 0 Å². The third-order valence-electron chi connectivity index (χ3n) is 3.80. The summed E-state index contributed by atoms with van der Waals surface area (Å²) in [5.41, 5.74) is 7.04. The van der Waals surface area contributed by atoms with E-state index < -0.39 is 0 Å². The zero-order valence-electron chi connectivity index (χ0n) is 10.7. The van der Waals surface area contributed by atoms with Crippen LogP contribution < -0.4 is 5.73 Å². The van der Waals surface area contributed by atoms with Crippen LogP contribution >= 0.6 is 23.2 Å². The molecule has 100 valence electrons. The fraction of sp³-hybridized carbons (Fsp3) is 0.571. The number of hydrogen-bond acceptors (Lipinski definition) is 2. The van der Waals surface area contributed by atoms with E-state index in [2.05, 4.69) is 11.8 Å². The molecule has 1 aromatic carbocycles. The maximum absolute atomic E-state index is 6.28. The van der Waals surface area contributed by atoms with Gasteiger partial charge in [0.2, 0.25) is 0 Å². The summed E-state index contributed by atoms with van der Waals surface area (Å²) >= 11 is 12.2. The predicted molar refractivity (Wildman–Crippen MR) is 78.2 cm³/mol. The molecule has 0 radical (unpaired) electrons. The van der Waals surface area contributed by atoms with Crippen molar-refractivity contribution in [3.05, 3.63) is 33.8 Å². The first kappa shape index (κ1) is 14.1. The molecule has 0 bridgehead atoms. The van der Waals surface area contributed by atoms with Gasteiger partial charge >= 0.3 is 0 Å². The molecule has 1 aliphatic heterocycles. The summed E-state index contributed by atoms with van der Waals surface area (Å²) in [6.07, 6.45) is 2.48. The van der Waals surface area contributed by atoms with Crippen LogP contribution in [-0.4, -0.2) is 24.5 Å². The second-order valence-corrected chi connectivity index (χ2v) is 5.98. The highest BCUT2D eigenvalue weighted by atomic mass is 35.5. The first-order chi connectivity index (χ1) is 8.61. The molecule has 0 spiro atoms. The lowest BCUT2D eigenvalue weighted by atomic mass is 9.96. The third kappa shape index (κ3) is 3.18. The Kier molecular flexibility index (Phi) is 4.91. The molecule has 18 heavy (non-hydrogen) atoms. The molecule has 1 heterocycles. The molecule has 2 rings (SSSR count). The second kappa shape index (κ2) is 6.25. The average molecular weight is 287 g/mol. The van der Waals surface area contributed by atoms with Gasteiger partial charge in [0.25, 0.3) is 0 Å². The summed E-state index contributed by atoms with van der Waals surface area (Å²) < 4.78 is 0. The lowest BCUT2D eigenvalue weighted by Crippen LogP contribution is -2.39. The quantitative estimate of drug-likeness (QED) is 0.918. The minimum absolute atomic E-state index is 0.210. The van der Waals surface area contributed by atoms with Crippen LogP contribution in [0.5, 0.6) is 0 Å². The molecular formula is C14H20Cl2N2. The van der Waals surface area contributed by atoms with Crippen LogP contribution in [0.2, 0.25) is 10.0 Å². The Morgan fingerprint density at radius 3 is 2.56 bits per heavy atom. The Morgan fingerprint density at radius 2 is 2.00 bits per heavy atom. The van der Waals surface area contributed by atoms with Crippen LogP contribution in [0.15, 0.2) is 18.2 Å². The van der Waals surface area contributed by atoms with Gasteiger partial charge in [-0.25, -0.2) is 0 Å². The minimum atomic E-state index is 0.210. The van der Waals surface area contributed by atoms with E-state index in [1.807, 2.05) is 12.1 Å². The number of piperidine rings is 1. The SMILES string of the molecule is CC1CCN(C(CN)c2ccc(Cl)cc2Cl)CC1. The molecule has 2 N–H and O–H groups in total. The van der Waals surface area contributed by atoms with E-state index in [9.17, 15) is 0 Å². The summed E-state index contributed by atoms with van der Waals surface area (Å²) in [5.74, 6) is 0.820. The number of nitrogens with two attached hydrogens (primary N) is 1. The largest absolute Gasteiger partial charge is 0.329 e. The Labute approximate surface area is 119 Å². The fourth-order valence-electron chi connectivity index (χ4n) is 2.58. The summed E-state index contributed by atoms with van der Waals surface area (Å²) in [4.78, 5) is 2.44. The van der Waals surface area contributed by atoms with E-state index in [0.29, 0.717) is 11.6 Å². The van der Waals surface area contributed by atoms with Crippen molar-refractivity contribution in [1.29, 1.82) is 0 Å². The van der Waals surface area contributed by atoms with Crippen molar-refractivity contribution in [2.75, 3.05) is 19.6 Å². The standard InChI is InChI=1S/C14H20Cl2N2/c1-10-4-6-18(7-5-10)14(9-17)12-3-2-11(15)8-13(12)16/h2-3,8,10,14H,4-7,9,17H2,1H3. The average Bonchev–Trinajstić information content (AvgIpc) is 2.35. The van der Waals surface area contributed by atoms with Crippen LogP contribution in [-0.2, 0) is 0 Å². The summed E-state index contributed by atoms with van der Waals surface area (Å²) in [5, 5.41) is 1.39. The number of rotatable bonds is 3. The highest BCUT2D eigenvalue weighted by Crippen LogP contribution is 2.31. The lowest BCUT2D eigenvalue weighted by Gasteiger charge is -2.36. The van der Waals surface area contributed by atoms with Gasteiger partial charge in [-0.15, -0.1) is 0 Å². The number of halogens is 2. The Morgan fingerprint density at radius 1 is 1.33 bits per heavy atom. The van der Waals surface area contributed by atoms with Crippen LogP contribution in [0, 0.1) is 5.92 Å². The van der Waals surface area contributed by atoms with Crippen molar-refractivity contribution >= 4 is 23.2 Å². The second-order valence-electron chi connectivity index (χ2n) is 5.14. The number of hydrogen-bond donors (Lipinski definition) is 1. The van der Waals surface area contributed by atoms with Crippen molar-refractivity contribution in [2.24, 2.45) is 11.7 Å². The van der Waals surface area contributed by atoms with Crippen molar-refractivity contribution in [1.82, 2.24) is 4.90 Å². The van der Waals surface area contributed by atoms with Gasteiger partial charge in [-0.3, -0.25) is 4.90 Å². The van der Waals surface area contributed by atoms with Crippen molar-refractivity contribution < 1.29 is 0 Å². The predicted octanol–water partition coefficient (Wildman–Crippen LogP) is 3.73. The van der Waals surface area contributed by atoms with Gasteiger partial charge in [0.15, 0.2) is 0 Å². The van der Waals surface area contributed by atoms with E-state index in [4.69, 9.17) is 28.9 Å². The van der Waals surface area contributed by atoms with Gasteiger partial charge in [0.05, 0.1) is 0 Å². The van der Waals surface area contributed by atoms with Crippen LogP contribution in [0.1, 0.15) is 31.4 Å². The molecule has 2 nitrogen and oxygen atoms in total. The first-order valence-electron chi connectivity index (χ1n) is 6.51. The normalized spacial score (nSPS) is 20.0. The molecule has 0 aromatic heterocycles. The van der Waals surface area contributed by atoms with E-state index in [-0.39, 0.29) is 6.04 Å². The Balaban J connectivity index is 2.17. The van der Waals surface area contributed by atoms with E-state index >= 15 is 0 Å². The smallest absolute Gasteiger partial charge is 0.0485 e. The van der Waals surface area contributed by atoms with Crippen molar-refractivity contribution in [2.45, 2.75) is 25.8 Å². The molecule has 1 aromatic rings. The third-order valence-corrected chi connectivity index (χ3v) is 4.37. The molecule has 0 amide bonds. The van der Waals surface area contributed by atoms with Crippen LogP contribution in [0.3, 0.4) is 0 Å².